The summed E-state index contributed by atoms with van der Waals surface area (Å²) in [5, 5.41) is 20.9. The van der Waals surface area contributed by atoms with E-state index < -0.39 is 4.92 Å². The lowest BCUT2D eigenvalue weighted by Gasteiger charge is -2.28. The van der Waals surface area contributed by atoms with Gasteiger partial charge in [-0.1, -0.05) is 25.0 Å². The standard InChI is InChI=1S/C20H23N3O5/c1-14(24)15-6-4-7-18(11-15)28-13-16-5-2-3-8-19(16)21-20-12-17(23(26)27)9-10-22(20)25/h4,6-7,9-12,16,19,25H,2-3,5,8,13H2,1H3/t16-,19+/m0/s1. The van der Waals surface area contributed by atoms with E-state index in [4.69, 9.17) is 4.74 Å². The Morgan fingerprint density at radius 1 is 1.32 bits per heavy atom. The minimum absolute atomic E-state index is 0.0193. The van der Waals surface area contributed by atoms with Crippen molar-refractivity contribution in [2.75, 3.05) is 6.61 Å². The third-order valence-electron chi connectivity index (χ3n) is 4.98. The van der Waals surface area contributed by atoms with E-state index in [-0.39, 0.29) is 28.9 Å². The number of ether oxygens (including phenoxy) is 1. The molecule has 0 saturated heterocycles. The molecule has 0 aliphatic heterocycles. The molecule has 2 atom stereocenters. The van der Waals surface area contributed by atoms with E-state index in [1.54, 1.807) is 18.2 Å². The molecule has 2 aromatic rings. The summed E-state index contributed by atoms with van der Waals surface area (Å²) >= 11 is 0. The van der Waals surface area contributed by atoms with E-state index >= 15 is 0 Å². The summed E-state index contributed by atoms with van der Waals surface area (Å²) < 4.78 is 6.71. The summed E-state index contributed by atoms with van der Waals surface area (Å²) in [6.45, 7) is 1.94. The van der Waals surface area contributed by atoms with Gasteiger partial charge in [0.05, 0.1) is 29.8 Å². The number of hydrogen-bond donors (Lipinski definition) is 1. The number of ketones is 1. The van der Waals surface area contributed by atoms with Gasteiger partial charge in [-0.2, -0.15) is 4.73 Å². The molecule has 3 rings (SSSR count). The molecule has 1 fully saturated rings. The lowest BCUT2D eigenvalue weighted by Crippen LogP contribution is -2.32. The van der Waals surface area contributed by atoms with Crippen molar-refractivity contribution in [2.24, 2.45) is 10.9 Å². The van der Waals surface area contributed by atoms with Crippen LogP contribution in [0.5, 0.6) is 5.75 Å². The third kappa shape index (κ3) is 4.76. The minimum atomic E-state index is -0.511. The molecule has 8 nitrogen and oxygen atoms in total. The van der Waals surface area contributed by atoms with Crippen LogP contribution in [0.4, 0.5) is 5.69 Å². The molecule has 1 aromatic heterocycles. The van der Waals surface area contributed by atoms with Gasteiger partial charge in [0.25, 0.3) is 5.69 Å². The zero-order chi connectivity index (χ0) is 20.1. The molecule has 1 heterocycles. The van der Waals surface area contributed by atoms with Crippen molar-refractivity contribution in [1.29, 1.82) is 0 Å². The minimum Gasteiger partial charge on any atom is -0.493 e. The van der Waals surface area contributed by atoms with Gasteiger partial charge in [0.15, 0.2) is 11.3 Å². The number of aromatic nitrogens is 1. The number of carbonyl (C=O) groups is 1. The fraction of sp³-hybridized carbons (Fsp3) is 0.400. The second-order valence-electron chi connectivity index (χ2n) is 6.98. The van der Waals surface area contributed by atoms with E-state index in [1.807, 2.05) is 6.07 Å². The number of pyridine rings is 1. The highest BCUT2D eigenvalue weighted by molar-refractivity contribution is 5.94. The monoisotopic (exact) mass is 385 g/mol. The highest BCUT2D eigenvalue weighted by atomic mass is 16.6. The molecule has 1 aliphatic carbocycles. The Morgan fingerprint density at radius 2 is 2.11 bits per heavy atom. The fourth-order valence-electron chi connectivity index (χ4n) is 3.41. The average molecular weight is 385 g/mol. The SMILES string of the molecule is CC(=O)c1cccc(OC[C@@H]2CCCC[C@H]2N=c2cc([N+](=O)[O-])ccn2O)c1. The number of nitrogens with zero attached hydrogens (tertiary/aromatic N) is 3. The van der Waals surface area contributed by atoms with Crippen molar-refractivity contribution in [3.8, 4) is 5.75 Å². The van der Waals surface area contributed by atoms with Crippen LogP contribution in [0, 0.1) is 16.0 Å². The smallest absolute Gasteiger partial charge is 0.274 e. The second-order valence-corrected chi connectivity index (χ2v) is 6.98. The Kier molecular flexibility index (Phi) is 6.08. The average Bonchev–Trinajstić information content (AvgIpc) is 2.69. The first-order chi connectivity index (χ1) is 13.4. The largest absolute Gasteiger partial charge is 0.493 e. The van der Waals surface area contributed by atoms with Crippen molar-refractivity contribution in [2.45, 2.75) is 38.6 Å². The Morgan fingerprint density at radius 3 is 2.86 bits per heavy atom. The van der Waals surface area contributed by atoms with Crippen LogP contribution in [0.1, 0.15) is 43.0 Å². The first-order valence-corrected chi connectivity index (χ1v) is 9.28. The fourth-order valence-corrected chi connectivity index (χ4v) is 3.41. The summed E-state index contributed by atoms with van der Waals surface area (Å²) in [5.74, 6) is 0.729. The molecule has 1 aliphatic rings. The summed E-state index contributed by atoms with van der Waals surface area (Å²) in [4.78, 5) is 26.6. The quantitative estimate of drug-likeness (QED) is 0.355. The Hall–Kier alpha value is -3.16. The number of carbonyl (C=O) groups excluding carboxylic acids is 1. The molecule has 8 heteroatoms. The van der Waals surface area contributed by atoms with Gasteiger partial charge in [-0.15, -0.1) is 0 Å². The third-order valence-corrected chi connectivity index (χ3v) is 4.98. The molecular formula is C20H23N3O5. The summed E-state index contributed by atoms with van der Waals surface area (Å²) in [7, 11) is 0. The van der Waals surface area contributed by atoms with Crippen LogP contribution in [0.25, 0.3) is 0 Å². The first-order valence-electron chi connectivity index (χ1n) is 9.28. The molecule has 0 bridgehead atoms. The Labute approximate surface area is 162 Å². The number of benzene rings is 1. The van der Waals surface area contributed by atoms with Gasteiger partial charge in [0, 0.05) is 17.5 Å². The van der Waals surface area contributed by atoms with E-state index in [0.717, 1.165) is 30.4 Å². The molecule has 0 radical (unpaired) electrons. The lowest BCUT2D eigenvalue weighted by atomic mass is 9.85. The van der Waals surface area contributed by atoms with Crippen LogP contribution in [-0.4, -0.2) is 33.3 Å². The van der Waals surface area contributed by atoms with Gasteiger partial charge in [-0.05, 0) is 31.9 Å². The molecule has 28 heavy (non-hydrogen) atoms. The zero-order valence-electron chi connectivity index (χ0n) is 15.7. The van der Waals surface area contributed by atoms with E-state index in [2.05, 4.69) is 4.99 Å². The van der Waals surface area contributed by atoms with Crippen LogP contribution in [0.2, 0.25) is 0 Å². The summed E-state index contributed by atoms with van der Waals surface area (Å²) in [6, 6.07) is 9.45. The van der Waals surface area contributed by atoms with Crippen LogP contribution in [0.3, 0.4) is 0 Å². The van der Waals surface area contributed by atoms with Crippen LogP contribution < -0.4 is 10.2 Å². The normalized spacial score (nSPS) is 20.0. The maximum Gasteiger partial charge on any atom is 0.274 e. The van der Waals surface area contributed by atoms with Gasteiger partial charge in [-0.25, -0.2) is 0 Å². The number of Topliss-reactive ketones (excluding diaryl/α,β-unsaturated/α-hetero) is 1. The summed E-state index contributed by atoms with van der Waals surface area (Å²) in [6.07, 6.45) is 5.02. The molecule has 1 saturated carbocycles. The lowest BCUT2D eigenvalue weighted by molar-refractivity contribution is -0.385. The van der Waals surface area contributed by atoms with Gasteiger partial charge in [-0.3, -0.25) is 19.9 Å². The molecule has 1 aromatic carbocycles. The molecule has 1 N–H and O–H groups in total. The summed E-state index contributed by atoms with van der Waals surface area (Å²) in [5.41, 5.74) is 0.638. The van der Waals surface area contributed by atoms with E-state index in [0.29, 0.717) is 17.9 Å². The van der Waals surface area contributed by atoms with Crippen LogP contribution in [-0.2, 0) is 0 Å². The van der Waals surface area contributed by atoms with Gasteiger partial charge >= 0.3 is 0 Å². The Bertz CT molecular complexity index is 937. The first kappa shape index (κ1) is 19.6. The van der Waals surface area contributed by atoms with E-state index in [1.165, 1.54) is 25.3 Å². The van der Waals surface area contributed by atoms with Crippen molar-refractivity contribution in [3.05, 3.63) is 63.8 Å². The molecule has 0 spiro atoms. The Balaban J connectivity index is 1.78. The van der Waals surface area contributed by atoms with Crippen molar-refractivity contribution >= 4 is 11.5 Å². The highest BCUT2D eigenvalue weighted by Crippen LogP contribution is 2.28. The van der Waals surface area contributed by atoms with Crippen LogP contribution >= 0.6 is 0 Å². The topological polar surface area (TPSA) is 107 Å². The predicted molar refractivity (Wildman–Crippen MR) is 102 cm³/mol. The van der Waals surface area contributed by atoms with Crippen molar-refractivity contribution in [3.63, 3.8) is 0 Å². The van der Waals surface area contributed by atoms with Gasteiger partial charge in [0.1, 0.15) is 5.75 Å². The number of hydrogen-bond acceptors (Lipinski definition) is 6. The predicted octanol–water partition coefficient (Wildman–Crippen LogP) is 3.37. The molecule has 0 amide bonds. The molecule has 148 valence electrons. The van der Waals surface area contributed by atoms with Crippen molar-refractivity contribution < 1.29 is 19.7 Å². The number of rotatable bonds is 6. The zero-order valence-corrected chi connectivity index (χ0v) is 15.7. The van der Waals surface area contributed by atoms with Gasteiger partial charge in [0.2, 0.25) is 0 Å². The maximum atomic E-state index is 11.5. The van der Waals surface area contributed by atoms with Gasteiger partial charge < -0.3 is 9.94 Å². The second kappa shape index (κ2) is 8.69. The number of nitro groups is 1. The molecular weight excluding hydrogens is 362 g/mol. The van der Waals surface area contributed by atoms with E-state index in [9.17, 15) is 20.1 Å². The van der Waals surface area contributed by atoms with Crippen LogP contribution in [0.15, 0.2) is 47.6 Å². The molecule has 0 unspecified atom stereocenters. The highest BCUT2D eigenvalue weighted by Gasteiger charge is 2.25. The maximum absolute atomic E-state index is 11.5. The van der Waals surface area contributed by atoms with Crippen molar-refractivity contribution in [1.82, 2.24) is 4.73 Å².